The first-order chi connectivity index (χ1) is 9.66. The van der Waals surface area contributed by atoms with E-state index in [0.717, 1.165) is 5.56 Å². The van der Waals surface area contributed by atoms with Gasteiger partial charge >= 0.3 is 0 Å². The summed E-state index contributed by atoms with van der Waals surface area (Å²) in [5.41, 5.74) is 6.37. The Morgan fingerprint density at radius 3 is 2.20 bits per heavy atom. The zero-order valence-corrected chi connectivity index (χ0v) is 12.0. The summed E-state index contributed by atoms with van der Waals surface area (Å²) in [6.07, 6.45) is 1.51. The Kier molecular flexibility index (Phi) is 4.65. The van der Waals surface area contributed by atoms with Crippen molar-refractivity contribution in [2.45, 2.75) is 6.54 Å². The molecule has 0 unspecified atom stereocenters. The number of methoxy groups -OCH3 is 2. The second-order valence-electron chi connectivity index (χ2n) is 3.97. The topological polar surface area (TPSA) is 66.6 Å². The first kappa shape index (κ1) is 14.4. The van der Waals surface area contributed by atoms with Crippen molar-refractivity contribution in [3.05, 3.63) is 41.0 Å². The van der Waals surface area contributed by atoms with Crippen LogP contribution in [-0.2, 0) is 6.54 Å². The quantitative estimate of drug-likeness (QED) is 0.918. The average Bonchev–Trinajstić information content (AvgIpc) is 2.48. The Hall–Kier alpha value is -1.98. The van der Waals surface area contributed by atoms with Gasteiger partial charge in [-0.05, 0) is 5.56 Å². The number of ether oxygens (including phenoxy) is 3. The lowest BCUT2D eigenvalue weighted by Gasteiger charge is -2.10. The summed E-state index contributed by atoms with van der Waals surface area (Å²) < 4.78 is 16.0. The van der Waals surface area contributed by atoms with Gasteiger partial charge in [-0.15, -0.1) is 0 Å². The Balaban J connectivity index is 2.29. The lowest BCUT2D eigenvalue weighted by atomic mass is 10.2. The number of aromatic nitrogens is 1. The number of nitrogens with zero attached hydrogens (tertiary/aromatic N) is 1. The number of benzene rings is 1. The van der Waals surface area contributed by atoms with Gasteiger partial charge in [-0.3, -0.25) is 0 Å². The molecule has 0 atom stereocenters. The van der Waals surface area contributed by atoms with Crippen LogP contribution < -0.4 is 19.9 Å². The fourth-order valence-electron chi connectivity index (χ4n) is 1.63. The number of hydrogen-bond donors (Lipinski definition) is 1. The van der Waals surface area contributed by atoms with Crippen LogP contribution in [-0.4, -0.2) is 19.2 Å². The van der Waals surface area contributed by atoms with Crippen LogP contribution in [0.1, 0.15) is 5.56 Å². The minimum atomic E-state index is 0.319. The summed E-state index contributed by atoms with van der Waals surface area (Å²) in [6.45, 7) is 0.319. The van der Waals surface area contributed by atoms with Gasteiger partial charge in [0.2, 0.25) is 5.88 Å². The molecular weight excluding hydrogens is 280 g/mol. The third kappa shape index (κ3) is 3.31. The van der Waals surface area contributed by atoms with E-state index in [4.69, 9.17) is 31.5 Å². The summed E-state index contributed by atoms with van der Waals surface area (Å²) in [5, 5.41) is 0.517. The molecule has 1 aromatic heterocycles. The van der Waals surface area contributed by atoms with Crippen LogP contribution in [0.3, 0.4) is 0 Å². The van der Waals surface area contributed by atoms with E-state index < -0.39 is 0 Å². The van der Waals surface area contributed by atoms with Crippen LogP contribution in [0.2, 0.25) is 5.02 Å². The molecule has 1 aromatic carbocycles. The smallest absolute Gasteiger partial charge is 0.219 e. The van der Waals surface area contributed by atoms with Crippen LogP contribution in [0.25, 0.3) is 0 Å². The van der Waals surface area contributed by atoms with Crippen molar-refractivity contribution in [2.75, 3.05) is 14.2 Å². The Labute approximate surface area is 122 Å². The summed E-state index contributed by atoms with van der Waals surface area (Å²) in [6, 6.07) is 6.93. The Bertz CT molecular complexity index is 583. The zero-order chi connectivity index (χ0) is 14.5. The van der Waals surface area contributed by atoms with Crippen LogP contribution in [0, 0.1) is 0 Å². The van der Waals surface area contributed by atoms with E-state index in [9.17, 15) is 0 Å². The van der Waals surface area contributed by atoms with Gasteiger partial charge in [0.1, 0.15) is 17.2 Å². The molecule has 1 heterocycles. The molecule has 20 heavy (non-hydrogen) atoms. The van der Waals surface area contributed by atoms with E-state index in [2.05, 4.69) is 4.98 Å². The van der Waals surface area contributed by atoms with Gasteiger partial charge in [0.15, 0.2) is 0 Å². The highest BCUT2D eigenvalue weighted by Gasteiger charge is 2.07. The van der Waals surface area contributed by atoms with Crippen molar-refractivity contribution in [3.8, 4) is 23.1 Å². The number of halogens is 1. The molecule has 5 nitrogen and oxygen atoms in total. The molecule has 0 saturated carbocycles. The highest BCUT2D eigenvalue weighted by Crippen LogP contribution is 2.31. The van der Waals surface area contributed by atoms with Crippen LogP contribution in [0.15, 0.2) is 30.5 Å². The van der Waals surface area contributed by atoms with Gasteiger partial charge in [-0.1, -0.05) is 11.6 Å². The molecule has 0 spiro atoms. The van der Waals surface area contributed by atoms with Gasteiger partial charge in [0.25, 0.3) is 0 Å². The van der Waals surface area contributed by atoms with Gasteiger partial charge in [-0.25, -0.2) is 4.98 Å². The van der Waals surface area contributed by atoms with Crippen molar-refractivity contribution >= 4 is 11.6 Å². The van der Waals surface area contributed by atoms with Crippen molar-refractivity contribution in [3.63, 3.8) is 0 Å². The SMILES string of the molecule is COc1cc(OC)cc(Oc2cc(CN)c(Cl)cn2)c1. The highest BCUT2D eigenvalue weighted by atomic mass is 35.5. The fraction of sp³-hybridized carbons (Fsp3) is 0.214. The largest absolute Gasteiger partial charge is 0.496 e. The summed E-state index contributed by atoms with van der Waals surface area (Å²) in [4.78, 5) is 4.10. The Morgan fingerprint density at radius 1 is 1.05 bits per heavy atom. The molecule has 2 rings (SSSR count). The summed E-state index contributed by atoms with van der Waals surface area (Å²) >= 11 is 5.96. The summed E-state index contributed by atoms with van der Waals surface area (Å²) in [7, 11) is 3.15. The maximum Gasteiger partial charge on any atom is 0.219 e. The number of nitrogens with two attached hydrogens (primary N) is 1. The minimum Gasteiger partial charge on any atom is -0.496 e. The number of hydrogen-bond acceptors (Lipinski definition) is 5. The normalized spacial score (nSPS) is 10.2. The van der Waals surface area contributed by atoms with E-state index in [1.165, 1.54) is 6.20 Å². The maximum atomic E-state index is 5.96. The lowest BCUT2D eigenvalue weighted by molar-refractivity contribution is 0.385. The second-order valence-corrected chi connectivity index (χ2v) is 4.38. The van der Waals surface area contributed by atoms with E-state index in [-0.39, 0.29) is 0 Å². The molecule has 0 saturated heterocycles. The first-order valence-electron chi connectivity index (χ1n) is 5.91. The molecule has 0 fully saturated rings. The molecule has 0 aliphatic heterocycles. The molecular formula is C14H15ClN2O3. The highest BCUT2D eigenvalue weighted by molar-refractivity contribution is 6.31. The van der Waals surface area contributed by atoms with Crippen molar-refractivity contribution in [1.29, 1.82) is 0 Å². The third-order valence-corrected chi connectivity index (χ3v) is 3.02. The zero-order valence-electron chi connectivity index (χ0n) is 11.2. The van der Waals surface area contributed by atoms with Crippen LogP contribution >= 0.6 is 11.6 Å². The van der Waals surface area contributed by atoms with Crippen molar-refractivity contribution in [1.82, 2.24) is 4.98 Å². The van der Waals surface area contributed by atoms with E-state index in [1.54, 1.807) is 38.5 Å². The van der Waals surface area contributed by atoms with Gasteiger partial charge in [0.05, 0.1) is 19.2 Å². The van der Waals surface area contributed by atoms with E-state index >= 15 is 0 Å². The van der Waals surface area contributed by atoms with E-state index in [0.29, 0.717) is 34.7 Å². The minimum absolute atomic E-state index is 0.319. The molecule has 0 radical (unpaired) electrons. The number of pyridine rings is 1. The fourth-order valence-corrected chi connectivity index (χ4v) is 1.81. The molecule has 0 amide bonds. The predicted octanol–water partition coefficient (Wildman–Crippen LogP) is 3.00. The van der Waals surface area contributed by atoms with E-state index in [1.807, 2.05) is 0 Å². The predicted molar refractivity (Wildman–Crippen MR) is 76.8 cm³/mol. The molecule has 2 N–H and O–H groups in total. The van der Waals surface area contributed by atoms with Gasteiger partial charge in [0, 0.05) is 37.0 Å². The third-order valence-electron chi connectivity index (χ3n) is 2.68. The van der Waals surface area contributed by atoms with Crippen molar-refractivity contribution in [2.24, 2.45) is 5.73 Å². The van der Waals surface area contributed by atoms with Crippen LogP contribution in [0.5, 0.6) is 23.1 Å². The monoisotopic (exact) mass is 294 g/mol. The molecule has 2 aromatic rings. The average molecular weight is 295 g/mol. The number of rotatable bonds is 5. The first-order valence-corrected chi connectivity index (χ1v) is 6.29. The van der Waals surface area contributed by atoms with Crippen molar-refractivity contribution < 1.29 is 14.2 Å². The second kappa shape index (κ2) is 6.45. The molecule has 106 valence electrons. The van der Waals surface area contributed by atoms with Gasteiger partial charge in [-0.2, -0.15) is 0 Å². The summed E-state index contributed by atoms with van der Waals surface area (Å²) in [5.74, 6) is 2.23. The molecule has 6 heteroatoms. The van der Waals surface area contributed by atoms with Crippen LogP contribution in [0.4, 0.5) is 0 Å². The molecule has 0 aliphatic rings. The maximum absolute atomic E-state index is 5.96. The molecule has 0 aliphatic carbocycles. The lowest BCUT2D eigenvalue weighted by Crippen LogP contribution is -1.99. The van der Waals surface area contributed by atoms with Gasteiger partial charge < -0.3 is 19.9 Å². The standard InChI is InChI=1S/C14H15ClN2O3/c1-18-10-4-11(19-2)6-12(5-10)20-14-3-9(7-16)13(15)8-17-14/h3-6,8H,7,16H2,1-2H3. The molecule has 0 bridgehead atoms. The Morgan fingerprint density at radius 2 is 1.65 bits per heavy atom.